The smallest absolute Gasteiger partial charge is 0.322 e. The molecule has 1 aromatic heterocycles. The Balaban J connectivity index is 1.91. The maximum atomic E-state index is 12.9. The van der Waals surface area contributed by atoms with E-state index in [-0.39, 0.29) is 0 Å². The van der Waals surface area contributed by atoms with Crippen LogP contribution in [0.4, 0.5) is 13.2 Å². The highest BCUT2D eigenvalue weighted by atomic mass is 35.5. The third-order valence-electron chi connectivity index (χ3n) is 4.32. The van der Waals surface area contributed by atoms with Crippen molar-refractivity contribution in [3.05, 3.63) is 80.7 Å². The molecular weight excluding hydrogens is 448 g/mol. The van der Waals surface area contributed by atoms with Crippen LogP contribution in [0.3, 0.4) is 0 Å². The molecule has 0 amide bonds. The summed E-state index contributed by atoms with van der Waals surface area (Å²) in [6.45, 7) is 0. The lowest BCUT2D eigenvalue weighted by Gasteiger charge is -2.20. The van der Waals surface area contributed by atoms with Crippen LogP contribution in [0.25, 0.3) is 11.3 Å². The van der Waals surface area contributed by atoms with Gasteiger partial charge in [-0.25, -0.2) is 9.97 Å². The van der Waals surface area contributed by atoms with E-state index in [1.165, 1.54) is 18.5 Å². The molecule has 29 heavy (non-hydrogen) atoms. The van der Waals surface area contributed by atoms with Gasteiger partial charge in [0.25, 0.3) is 0 Å². The van der Waals surface area contributed by atoms with Crippen molar-refractivity contribution >= 4 is 34.8 Å². The second-order valence-corrected chi connectivity index (χ2v) is 7.47. The van der Waals surface area contributed by atoms with E-state index in [1.807, 2.05) is 0 Å². The monoisotopic (exact) mass is 460 g/mol. The van der Waals surface area contributed by atoms with Gasteiger partial charge in [0.05, 0.1) is 44.1 Å². The van der Waals surface area contributed by atoms with E-state index in [9.17, 15) is 13.2 Å². The minimum Gasteiger partial charge on any atom is -0.322 e. The normalized spacial score (nSPS) is 13.9. The molecule has 3 aromatic rings. The number of nitrogens with two attached hydrogens (primary N) is 2. The molecule has 0 radical (unpaired) electrons. The topological polar surface area (TPSA) is 77.8 Å². The zero-order chi connectivity index (χ0) is 21.3. The molecular formula is C19H14Cl3F3N4. The lowest BCUT2D eigenvalue weighted by molar-refractivity contribution is -0.137. The number of aromatic nitrogens is 2. The van der Waals surface area contributed by atoms with Gasteiger partial charge in [-0.05, 0) is 35.9 Å². The van der Waals surface area contributed by atoms with Crippen LogP contribution in [0.15, 0.2) is 48.8 Å². The molecule has 0 aliphatic heterocycles. The highest BCUT2D eigenvalue weighted by Crippen LogP contribution is 2.37. The summed E-state index contributed by atoms with van der Waals surface area (Å²) in [5.41, 5.74) is 13.4. The number of nitrogens with zero attached hydrogens (tertiary/aromatic N) is 2. The number of alkyl halides is 3. The molecule has 0 bridgehead atoms. The van der Waals surface area contributed by atoms with Crippen LogP contribution in [0, 0.1) is 0 Å². The quantitative estimate of drug-likeness (QED) is 0.513. The summed E-state index contributed by atoms with van der Waals surface area (Å²) >= 11 is 17.7. The van der Waals surface area contributed by atoms with Crippen molar-refractivity contribution in [2.75, 3.05) is 0 Å². The molecule has 2 atom stereocenters. The van der Waals surface area contributed by atoms with E-state index >= 15 is 0 Å². The third-order valence-corrected chi connectivity index (χ3v) is 5.37. The first-order valence-corrected chi connectivity index (χ1v) is 9.36. The van der Waals surface area contributed by atoms with Gasteiger partial charge >= 0.3 is 6.18 Å². The number of hydrogen-bond donors (Lipinski definition) is 2. The van der Waals surface area contributed by atoms with Crippen LogP contribution in [0.2, 0.25) is 15.1 Å². The number of rotatable bonds is 4. The Morgan fingerprint density at radius 1 is 0.793 bits per heavy atom. The molecule has 3 rings (SSSR count). The summed E-state index contributed by atoms with van der Waals surface area (Å²) in [6.07, 6.45) is -3.28. The average Bonchev–Trinajstić information content (AvgIpc) is 2.68. The Bertz CT molecular complexity index is 1040. The molecule has 0 saturated heterocycles. The van der Waals surface area contributed by atoms with Crippen molar-refractivity contribution in [1.29, 1.82) is 0 Å². The molecule has 2 unspecified atom stereocenters. The van der Waals surface area contributed by atoms with Crippen LogP contribution in [0.1, 0.15) is 28.9 Å². The fourth-order valence-electron chi connectivity index (χ4n) is 2.73. The van der Waals surface area contributed by atoms with Crippen LogP contribution in [-0.2, 0) is 6.18 Å². The standard InChI is InChI=1S/C19H14Cl3F3N4/c20-12-4-2-10(6-14(12)22)17(26)18(27)16-7-15(28-8-29-16)9-1-3-11(13(21)5-9)19(23,24)25/h1-8,17-18H,26-27H2. The van der Waals surface area contributed by atoms with Gasteiger partial charge in [0.1, 0.15) is 6.33 Å². The van der Waals surface area contributed by atoms with Gasteiger partial charge in [0.15, 0.2) is 0 Å². The van der Waals surface area contributed by atoms with Crippen LogP contribution >= 0.6 is 34.8 Å². The highest BCUT2D eigenvalue weighted by Gasteiger charge is 2.33. The fourth-order valence-corrected chi connectivity index (χ4v) is 3.32. The molecule has 0 saturated carbocycles. The summed E-state index contributed by atoms with van der Waals surface area (Å²) in [5, 5.41) is 0.307. The van der Waals surface area contributed by atoms with Crippen LogP contribution < -0.4 is 11.5 Å². The van der Waals surface area contributed by atoms with Crippen LogP contribution in [-0.4, -0.2) is 9.97 Å². The Morgan fingerprint density at radius 3 is 2.14 bits per heavy atom. The molecule has 0 aliphatic carbocycles. The molecule has 0 spiro atoms. The van der Waals surface area contributed by atoms with E-state index in [0.29, 0.717) is 32.6 Å². The average molecular weight is 462 g/mol. The molecule has 152 valence electrons. The van der Waals surface area contributed by atoms with Crippen molar-refractivity contribution < 1.29 is 13.2 Å². The largest absolute Gasteiger partial charge is 0.417 e. The summed E-state index contributed by atoms with van der Waals surface area (Å²) in [5.74, 6) is 0. The van der Waals surface area contributed by atoms with E-state index in [2.05, 4.69) is 9.97 Å². The second kappa shape index (κ2) is 8.45. The summed E-state index contributed by atoms with van der Waals surface area (Å²) < 4.78 is 38.7. The van der Waals surface area contributed by atoms with E-state index < -0.39 is 28.8 Å². The predicted octanol–water partition coefficient (Wildman–Crippen LogP) is 5.82. The van der Waals surface area contributed by atoms with E-state index in [0.717, 1.165) is 6.07 Å². The number of benzene rings is 2. The zero-order valence-corrected chi connectivity index (χ0v) is 16.9. The van der Waals surface area contributed by atoms with Crippen molar-refractivity contribution in [1.82, 2.24) is 9.97 Å². The Hall–Kier alpha value is -1.90. The molecule has 0 aliphatic rings. The van der Waals surface area contributed by atoms with Crippen molar-refractivity contribution in [3.8, 4) is 11.3 Å². The highest BCUT2D eigenvalue weighted by molar-refractivity contribution is 6.42. The van der Waals surface area contributed by atoms with E-state index in [1.54, 1.807) is 24.3 Å². The summed E-state index contributed by atoms with van der Waals surface area (Å²) in [4.78, 5) is 8.24. The fraction of sp³-hybridized carbons (Fsp3) is 0.158. The molecule has 4 N–H and O–H groups in total. The lowest BCUT2D eigenvalue weighted by Crippen LogP contribution is -2.27. The maximum absolute atomic E-state index is 12.9. The number of hydrogen-bond acceptors (Lipinski definition) is 4. The summed E-state index contributed by atoms with van der Waals surface area (Å²) in [7, 11) is 0. The SMILES string of the molecule is NC(c1ccc(Cl)c(Cl)c1)C(N)c1cc(-c2ccc(C(F)(F)F)c(Cl)c2)ncn1. The molecule has 1 heterocycles. The van der Waals surface area contributed by atoms with Gasteiger partial charge in [-0.15, -0.1) is 0 Å². The first-order valence-electron chi connectivity index (χ1n) is 8.23. The molecule has 10 heteroatoms. The van der Waals surface area contributed by atoms with Gasteiger partial charge in [0.2, 0.25) is 0 Å². The van der Waals surface area contributed by atoms with Crippen molar-refractivity contribution in [2.24, 2.45) is 11.5 Å². The van der Waals surface area contributed by atoms with Gasteiger partial charge in [0, 0.05) is 5.56 Å². The third kappa shape index (κ3) is 4.82. The molecule has 0 fully saturated rings. The molecule has 4 nitrogen and oxygen atoms in total. The first kappa shape index (κ1) is 21.8. The maximum Gasteiger partial charge on any atom is 0.417 e. The number of halogens is 6. The van der Waals surface area contributed by atoms with Crippen LogP contribution in [0.5, 0.6) is 0 Å². The predicted molar refractivity (Wildman–Crippen MR) is 108 cm³/mol. The Kier molecular flexibility index (Phi) is 6.36. The van der Waals surface area contributed by atoms with Gasteiger partial charge in [-0.1, -0.05) is 46.9 Å². The minimum atomic E-state index is -4.54. The van der Waals surface area contributed by atoms with Gasteiger partial charge in [-0.2, -0.15) is 13.2 Å². The first-order chi connectivity index (χ1) is 13.6. The van der Waals surface area contributed by atoms with E-state index in [4.69, 9.17) is 46.3 Å². The Labute approximate surface area is 179 Å². The van der Waals surface area contributed by atoms with Gasteiger partial charge in [-0.3, -0.25) is 0 Å². The second-order valence-electron chi connectivity index (χ2n) is 6.25. The minimum absolute atomic E-state index is 0.342. The van der Waals surface area contributed by atoms with Crippen molar-refractivity contribution in [2.45, 2.75) is 18.3 Å². The van der Waals surface area contributed by atoms with Gasteiger partial charge < -0.3 is 11.5 Å². The summed E-state index contributed by atoms with van der Waals surface area (Å²) in [6, 6.07) is 8.50. The van der Waals surface area contributed by atoms with Crippen molar-refractivity contribution in [3.63, 3.8) is 0 Å². The lowest BCUT2D eigenvalue weighted by atomic mass is 9.97. The Morgan fingerprint density at radius 2 is 1.52 bits per heavy atom. The zero-order valence-electron chi connectivity index (χ0n) is 14.6. The molecule has 2 aromatic carbocycles.